The minimum Gasteiger partial charge on any atom is -0.465 e. The first-order valence-corrected chi connectivity index (χ1v) is 23.5. The average Bonchev–Trinajstić information content (AvgIpc) is 3.13. The number of benzene rings is 1. The van der Waals surface area contributed by atoms with Gasteiger partial charge >= 0.3 is 11.9 Å². The number of hydrogen-bond acceptors (Lipinski definition) is 6. The van der Waals surface area contributed by atoms with Crippen LogP contribution < -0.4 is 0 Å². The number of aryl methyl sites for hydroxylation is 1. The van der Waals surface area contributed by atoms with Gasteiger partial charge in [0.15, 0.2) is 5.25 Å². The van der Waals surface area contributed by atoms with E-state index in [0.717, 1.165) is 68.8 Å². The zero-order valence-corrected chi connectivity index (χ0v) is 36.4. The second-order valence-electron chi connectivity index (χ2n) is 16.7. The van der Waals surface area contributed by atoms with E-state index in [2.05, 4.69) is 52.2 Å². The van der Waals surface area contributed by atoms with Gasteiger partial charge in [-0.05, 0) is 55.9 Å². The van der Waals surface area contributed by atoms with E-state index < -0.39 is 33.7 Å². The van der Waals surface area contributed by atoms with Crippen molar-refractivity contribution in [3.05, 3.63) is 35.4 Å². The molecule has 0 bridgehead atoms. The molecule has 3 unspecified atom stereocenters. The molecule has 0 aromatic heterocycles. The zero-order valence-electron chi connectivity index (χ0n) is 35.6. The number of quaternary nitrogens is 1. The van der Waals surface area contributed by atoms with Gasteiger partial charge in [0.2, 0.25) is 0 Å². The third kappa shape index (κ3) is 25.2. The van der Waals surface area contributed by atoms with Crippen LogP contribution in [0.15, 0.2) is 24.3 Å². The predicted molar refractivity (Wildman–Crippen MR) is 224 cm³/mol. The minimum absolute atomic E-state index is 0.0487. The minimum atomic E-state index is -4.83. The van der Waals surface area contributed by atoms with Crippen molar-refractivity contribution in [2.75, 3.05) is 33.9 Å². The second-order valence-corrected chi connectivity index (χ2v) is 18.3. The van der Waals surface area contributed by atoms with E-state index in [4.69, 9.17) is 9.47 Å². The van der Waals surface area contributed by atoms with E-state index in [0.29, 0.717) is 0 Å². The Kier molecular flexibility index (Phi) is 28.0. The number of ether oxygens (including phenoxy) is 2. The summed E-state index contributed by atoms with van der Waals surface area (Å²) in [4.78, 5) is 25.1. The SMILES string of the molecule is CCCCCCCCCCCCCCCC[N+](C)(C)Cc1cccc(CCCCC(CC)COC(=O)C(CC(=O)OCC(CC)CCCC)S(=O)(=O)O)c1. The lowest BCUT2D eigenvalue weighted by atomic mass is 9.97. The topological polar surface area (TPSA) is 107 Å². The Morgan fingerprint density at radius 2 is 1.17 bits per heavy atom. The maximum atomic E-state index is 12.7. The normalized spacial score (nSPS) is 13.8. The number of esters is 2. The van der Waals surface area contributed by atoms with Gasteiger partial charge in [-0.3, -0.25) is 14.1 Å². The van der Waals surface area contributed by atoms with Crippen LogP contribution in [-0.4, -0.2) is 68.5 Å². The van der Waals surface area contributed by atoms with Crippen LogP contribution in [0.3, 0.4) is 0 Å². The van der Waals surface area contributed by atoms with Crippen LogP contribution in [0.5, 0.6) is 0 Å². The molecule has 1 aromatic rings. The molecule has 3 atom stereocenters. The number of carbonyl (C=O) groups excluding carboxylic acids is 2. The lowest BCUT2D eigenvalue weighted by Crippen LogP contribution is -2.39. The molecule has 1 aromatic carbocycles. The molecule has 54 heavy (non-hydrogen) atoms. The number of rotatable bonds is 35. The molecule has 0 radical (unpaired) electrons. The molecule has 0 saturated carbocycles. The summed E-state index contributed by atoms with van der Waals surface area (Å²) in [6.45, 7) is 10.8. The molecule has 1 rings (SSSR count). The van der Waals surface area contributed by atoms with Gasteiger partial charge in [0.25, 0.3) is 10.1 Å². The number of carbonyl (C=O) groups is 2. The number of hydrogen-bond donors (Lipinski definition) is 1. The highest BCUT2D eigenvalue weighted by atomic mass is 32.2. The Morgan fingerprint density at radius 3 is 1.70 bits per heavy atom. The van der Waals surface area contributed by atoms with Crippen molar-refractivity contribution in [2.45, 2.75) is 194 Å². The van der Waals surface area contributed by atoms with E-state index in [1.165, 1.54) is 108 Å². The largest absolute Gasteiger partial charge is 0.465 e. The smallest absolute Gasteiger partial charge is 0.327 e. The first-order valence-electron chi connectivity index (χ1n) is 22.0. The Morgan fingerprint density at radius 1 is 0.667 bits per heavy atom. The molecule has 1 N–H and O–H groups in total. The molecule has 0 spiro atoms. The first kappa shape index (κ1) is 50.0. The van der Waals surface area contributed by atoms with Gasteiger partial charge in [-0.25, -0.2) is 0 Å². The maximum Gasteiger partial charge on any atom is 0.327 e. The molecule has 0 heterocycles. The van der Waals surface area contributed by atoms with E-state index >= 15 is 0 Å². The summed E-state index contributed by atoms with van der Waals surface area (Å²) in [6.07, 6.45) is 26.9. The van der Waals surface area contributed by atoms with Gasteiger partial charge in [0.05, 0.1) is 40.3 Å². The quantitative estimate of drug-likeness (QED) is 0.0316. The van der Waals surface area contributed by atoms with Crippen LogP contribution in [0.1, 0.15) is 187 Å². The fourth-order valence-electron chi connectivity index (χ4n) is 7.28. The van der Waals surface area contributed by atoms with Crippen molar-refractivity contribution in [1.29, 1.82) is 0 Å². The van der Waals surface area contributed by atoms with Gasteiger partial charge < -0.3 is 14.0 Å². The van der Waals surface area contributed by atoms with Crippen LogP contribution in [0, 0.1) is 11.8 Å². The summed E-state index contributed by atoms with van der Waals surface area (Å²) in [5.74, 6) is -1.69. The third-order valence-electron chi connectivity index (χ3n) is 11.1. The van der Waals surface area contributed by atoms with Gasteiger partial charge in [0.1, 0.15) is 6.54 Å². The first-order chi connectivity index (χ1) is 25.8. The Bertz CT molecular complexity index is 1220. The van der Waals surface area contributed by atoms with Crippen LogP contribution in [0.25, 0.3) is 0 Å². The Labute approximate surface area is 332 Å². The van der Waals surface area contributed by atoms with E-state index in [9.17, 15) is 22.6 Å². The highest BCUT2D eigenvalue weighted by Gasteiger charge is 2.36. The van der Waals surface area contributed by atoms with E-state index in [1.54, 1.807) is 0 Å². The number of unbranched alkanes of at least 4 members (excludes halogenated alkanes) is 15. The Balaban J connectivity index is 2.36. The van der Waals surface area contributed by atoms with Crippen molar-refractivity contribution < 1.29 is 36.5 Å². The summed E-state index contributed by atoms with van der Waals surface area (Å²) >= 11 is 0. The second kappa shape index (κ2) is 30.2. The summed E-state index contributed by atoms with van der Waals surface area (Å²) in [7, 11) is -0.149. The average molecular weight is 781 g/mol. The van der Waals surface area contributed by atoms with Gasteiger partial charge in [-0.1, -0.05) is 161 Å². The molecule has 9 heteroatoms. The molecule has 8 nitrogen and oxygen atoms in total. The van der Waals surface area contributed by atoms with Crippen molar-refractivity contribution >= 4 is 22.1 Å². The summed E-state index contributed by atoms with van der Waals surface area (Å²) in [5, 5.41) is -1.98. The van der Waals surface area contributed by atoms with Crippen molar-refractivity contribution in [3.63, 3.8) is 0 Å². The maximum absolute atomic E-state index is 12.7. The van der Waals surface area contributed by atoms with Crippen LogP contribution in [0.4, 0.5) is 0 Å². The van der Waals surface area contributed by atoms with Gasteiger partial charge in [-0.2, -0.15) is 8.42 Å². The molecule has 0 fully saturated rings. The lowest BCUT2D eigenvalue weighted by molar-refractivity contribution is -0.903. The number of nitrogens with zero attached hydrogens (tertiary/aromatic N) is 1. The molecule has 0 amide bonds. The summed E-state index contributed by atoms with van der Waals surface area (Å²) in [6, 6.07) is 8.95. The van der Waals surface area contributed by atoms with Crippen LogP contribution in [0.2, 0.25) is 0 Å². The standard InChI is InChI=1S/C45H81NO7S/c1-7-11-13-14-15-16-17-18-19-20-21-22-23-26-33-46(5,6)36-42-32-27-31-41(34-42)30-25-24-29-40(10-4)38-53-45(48)43(54(49,50)51)35-44(47)52-37-39(9-3)28-12-8-2/h27,31-32,34,39-40,43H,7-26,28-30,33,35-38H2,1-6H3/p+1. The lowest BCUT2D eigenvalue weighted by Gasteiger charge is -2.30. The van der Waals surface area contributed by atoms with E-state index in [1.807, 2.05) is 13.8 Å². The monoisotopic (exact) mass is 781 g/mol. The fourth-order valence-corrected chi connectivity index (χ4v) is 7.94. The van der Waals surface area contributed by atoms with Crippen molar-refractivity contribution in [1.82, 2.24) is 0 Å². The highest BCUT2D eigenvalue weighted by Crippen LogP contribution is 2.20. The van der Waals surface area contributed by atoms with Gasteiger partial charge in [-0.15, -0.1) is 0 Å². The molecule has 0 aliphatic heterocycles. The molecule has 0 aliphatic rings. The van der Waals surface area contributed by atoms with Gasteiger partial charge in [0, 0.05) is 5.56 Å². The highest BCUT2D eigenvalue weighted by molar-refractivity contribution is 7.87. The van der Waals surface area contributed by atoms with Crippen molar-refractivity contribution in [3.8, 4) is 0 Å². The molecular formula is C45H82NO7S+. The molecular weight excluding hydrogens is 699 g/mol. The Hall–Kier alpha value is -1.97. The molecule has 314 valence electrons. The molecule has 0 aliphatic carbocycles. The summed E-state index contributed by atoms with van der Waals surface area (Å²) in [5.41, 5.74) is 2.71. The van der Waals surface area contributed by atoms with Crippen LogP contribution in [-0.2, 0) is 42.1 Å². The third-order valence-corrected chi connectivity index (χ3v) is 12.2. The fraction of sp³-hybridized carbons (Fsp3) is 0.822. The predicted octanol–water partition coefficient (Wildman–Crippen LogP) is 11.4. The summed E-state index contributed by atoms with van der Waals surface area (Å²) < 4.78 is 45.3. The van der Waals surface area contributed by atoms with Crippen molar-refractivity contribution in [2.24, 2.45) is 11.8 Å². The van der Waals surface area contributed by atoms with Crippen LogP contribution >= 0.6 is 0 Å². The zero-order chi connectivity index (χ0) is 40.1. The molecule has 0 saturated heterocycles. The van der Waals surface area contributed by atoms with E-state index in [-0.39, 0.29) is 25.0 Å².